The Hall–Kier alpha value is -2.28. The fourth-order valence-electron chi connectivity index (χ4n) is 1.44. The molecule has 0 aromatic carbocycles. The van der Waals surface area contributed by atoms with Crippen molar-refractivity contribution in [2.24, 2.45) is 0 Å². The maximum Gasteiger partial charge on any atom is 0.358 e. The van der Waals surface area contributed by atoms with Crippen LogP contribution >= 0.6 is 11.3 Å². The molecule has 2 rings (SSSR count). The Bertz CT molecular complexity index is 632. The summed E-state index contributed by atoms with van der Waals surface area (Å²) >= 11 is 1.35. The van der Waals surface area contributed by atoms with Gasteiger partial charge in [-0.25, -0.2) is 14.8 Å². The Labute approximate surface area is 113 Å². The van der Waals surface area contributed by atoms with Crippen LogP contribution in [0.4, 0.5) is 5.82 Å². The van der Waals surface area contributed by atoms with Crippen LogP contribution < -0.4 is 5.32 Å². The number of carboxylic acid groups (broad SMARTS) is 1. The normalized spacial score (nSPS) is 10.2. The van der Waals surface area contributed by atoms with Crippen molar-refractivity contribution in [1.82, 2.24) is 9.97 Å². The predicted octanol–water partition coefficient (Wildman–Crippen LogP) is 2.11. The number of carbonyl (C=O) groups excluding carboxylic acids is 1. The third-order valence-corrected chi connectivity index (χ3v) is 3.67. The van der Waals surface area contributed by atoms with E-state index in [0.29, 0.717) is 4.88 Å². The number of carboxylic acids is 1. The van der Waals surface area contributed by atoms with Gasteiger partial charge in [-0.1, -0.05) is 0 Å². The molecular formula is C12H11N3O3S. The highest BCUT2D eigenvalue weighted by atomic mass is 32.1. The summed E-state index contributed by atoms with van der Waals surface area (Å²) in [5.74, 6) is -1.67. The second-order valence-corrected chi connectivity index (χ2v) is 5.12. The molecule has 0 unspecified atom stereocenters. The molecule has 0 aliphatic carbocycles. The lowest BCUT2D eigenvalue weighted by molar-refractivity contribution is 0.0691. The van der Waals surface area contributed by atoms with Crippen LogP contribution in [-0.4, -0.2) is 27.0 Å². The summed E-state index contributed by atoms with van der Waals surface area (Å²) in [4.78, 5) is 32.0. The highest BCUT2D eigenvalue weighted by Gasteiger charge is 2.17. The van der Waals surface area contributed by atoms with E-state index in [1.165, 1.54) is 23.7 Å². The van der Waals surface area contributed by atoms with Crippen molar-refractivity contribution in [2.75, 3.05) is 5.32 Å². The number of rotatable bonds is 3. The highest BCUT2D eigenvalue weighted by Crippen LogP contribution is 2.21. The molecule has 0 bridgehead atoms. The second kappa shape index (κ2) is 5.15. The minimum atomic E-state index is -1.23. The Morgan fingerprint density at radius 3 is 2.53 bits per heavy atom. The van der Waals surface area contributed by atoms with Crippen molar-refractivity contribution in [3.63, 3.8) is 0 Å². The first-order valence-corrected chi connectivity index (χ1v) is 6.23. The van der Waals surface area contributed by atoms with Gasteiger partial charge in [0.25, 0.3) is 5.91 Å². The molecule has 0 saturated heterocycles. The lowest BCUT2D eigenvalue weighted by Crippen LogP contribution is -2.16. The molecule has 0 spiro atoms. The quantitative estimate of drug-likeness (QED) is 0.896. The van der Waals surface area contributed by atoms with Crippen LogP contribution in [0.3, 0.4) is 0 Å². The van der Waals surface area contributed by atoms with E-state index in [9.17, 15) is 9.59 Å². The van der Waals surface area contributed by atoms with Crippen molar-refractivity contribution >= 4 is 29.0 Å². The second-order valence-electron chi connectivity index (χ2n) is 3.86. The van der Waals surface area contributed by atoms with E-state index in [2.05, 4.69) is 15.3 Å². The summed E-state index contributed by atoms with van der Waals surface area (Å²) in [6.45, 7) is 3.83. The van der Waals surface area contributed by atoms with E-state index in [-0.39, 0.29) is 17.4 Å². The zero-order chi connectivity index (χ0) is 14.0. The van der Waals surface area contributed by atoms with Crippen LogP contribution in [0.15, 0.2) is 18.5 Å². The van der Waals surface area contributed by atoms with Gasteiger partial charge in [-0.05, 0) is 25.5 Å². The number of nitrogens with one attached hydrogen (secondary N) is 1. The van der Waals surface area contributed by atoms with Gasteiger partial charge in [0, 0.05) is 17.3 Å². The standard InChI is InChI=1S/C12H11N3O3S/c1-6-5-8(19-7(6)2)11(16)15-10-9(12(17)18)13-3-4-14-10/h3-5H,1-2H3,(H,17,18)(H,14,15,16). The summed E-state index contributed by atoms with van der Waals surface area (Å²) in [6, 6.07) is 1.76. The molecule has 0 atom stereocenters. The fourth-order valence-corrected chi connectivity index (χ4v) is 2.37. The topological polar surface area (TPSA) is 92.2 Å². The third kappa shape index (κ3) is 2.76. The number of anilines is 1. The van der Waals surface area contributed by atoms with E-state index in [0.717, 1.165) is 10.4 Å². The number of amides is 1. The molecule has 2 heterocycles. The molecule has 0 radical (unpaired) electrons. The van der Waals surface area contributed by atoms with E-state index >= 15 is 0 Å². The van der Waals surface area contributed by atoms with Gasteiger partial charge in [0.2, 0.25) is 0 Å². The molecular weight excluding hydrogens is 266 g/mol. The molecule has 2 aromatic rings. The number of hydrogen-bond donors (Lipinski definition) is 2. The predicted molar refractivity (Wildman–Crippen MR) is 70.7 cm³/mol. The van der Waals surface area contributed by atoms with Crippen molar-refractivity contribution in [1.29, 1.82) is 0 Å². The molecule has 0 fully saturated rings. The summed E-state index contributed by atoms with van der Waals surface area (Å²) in [6.07, 6.45) is 2.59. The first kappa shape index (κ1) is 13.2. The summed E-state index contributed by atoms with van der Waals surface area (Å²) in [5.41, 5.74) is 0.744. The molecule has 98 valence electrons. The van der Waals surface area contributed by atoms with Crippen LogP contribution in [0, 0.1) is 13.8 Å². The van der Waals surface area contributed by atoms with Crippen LogP contribution in [0.2, 0.25) is 0 Å². The monoisotopic (exact) mass is 277 g/mol. The number of hydrogen-bond acceptors (Lipinski definition) is 5. The summed E-state index contributed by atoms with van der Waals surface area (Å²) < 4.78 is 0. The maximum atomic E-state index is 12.0. The first-order valence-electron chi connectivity index (χ1n) is 5.41. The van der Waals surface area contributed by atoms with Crippen molar-refractivity contribution in [3.8, 4) is 0 Å². The Morgan fingerprint density at radius 2 is 1.95 bits per heavy atom. The number of carbonyl (C=O) groups is 2. The SMILES string of the molecule is Cc1cc(C(=O)Nc2nccnc2C(=O)O)sc1C. The fraction of sp³-hybridized carbons (Fsp3) is 0.167. The van der Waals surface area contributed by atoms with Crippen LogP contribution in [0.1, 0.15) is 30.6 Å². The Balaban J connectivity index is 2.26. The molecule has 1 amide bonds. The van der Waals surface area contributed by atoms with Gasteiger partial charge in [-0.15, -0.1) is 11.3 Å². The van der Waals surface area contributed by atoms with E-state index in [1.54, 1.807) is 6.07 Å². The van der Waals surface area contributed by atoms with Crippen LogP contribution in [0.5, 0.6) is 0 Å². The van der Waals surface area contributed by atoms with Crippen molar-refractivity contribution in [3.05, 3.63) is 39.5 Å². The molecule has 0 saturated carbocycles. The van der Waals surface area contributed by atoms with E-state index in [4.69, 9.17) is 5.11 Å². The third-order valence-electron chi connectivity index (χ3n) is 2.52. The van der Waals surface area contributed by atoms with Crippen molar-refractivity contribution in [2.45, 2.75) is 13.8 Å². The van der Waals surface area contributed by atoms with Crippen LogP contribution in [0.25, 0.3) is 0 Å². The van der Waals surface area contributed by atoms with Crippen molar-refractivity contribution < 1.29 is 14.7 Å². The highest BCUT2D eigenvalue weighted by molar-refractivity contribution is 7.14. The van der Waals surface area contributed by atoms with Gasteiger partial charge < -0.3 is 10.4 Å². The lowest BCUT2D eigenvalue weighted by Gasteiger charge is -2.04. The van der Waals surface area contributed by atoms with Gasteiger partial charge in [-0.2, -0.15) is 0 Å². The number of thiophene rings is 1. The summed E-state index contributed by atoms with van der Waals surface area (Å²) in [5, 5.41) is 11.4. The Morgan fingerprint density at radius 1 is 1.26 bits per heavy atom. The van der Waals surface area contributed by atoms with Gasteiger partial charge >= 0.3 is 5.97 Å². The molecule has 6 nitrogen and oxygen atoms in total. The number of aromatic carboxylic acids is 1. The maximum absolute atomic E-state index is 12.0. The van der Waals surface area contributed by atoms with Gasteiger partial charge in [0.15, 0.2) is 11.5 Å². The van der Waals surface area contributed by atoms with Gasteiger partial charge in [0.1, 0.15) is 0 Å². The zero-order valence-electron chi connectivity index (χ0n) is 10.3. The largest absolute Gasteiger partial charge is 0.476 e. The van der Waals surface area contributed by atoms with Gasteiger partial charge in [-0.3, -0.25) is 4.79 Å². The average molecular weight is 277 g/mol. The number of nitrogens with zero attached hydrogens (tertiary/aromatic N) is 2. The molecule has 2 aromatic heterocycles. The minimum absolute atomic E-state index is 0.0521. The molecule has 19 heavy (non-hydrogen) atoms. The number of aromatic nitrogens is 2. The number of aryl methyl sites for hydroxylation is 2. The minimum Gasteiger partial charge on any atom is -0.476 e. The molecule has 0 aliphatic rings. The first-order chi connectivity index (χ1) is 8.99. The molecule has 0 aliphatic heterocycles. The molecule has 2 N–H and O–H groups in total. The zero-order valence-corrected chi connectivity index (χ0v) is 11.1. The van der Waals surface area contributed by atoms with Gasteiger partial charge in [0.05, 0.1) is 4.88 Å². The lowest BCUT2D eigenvalue weighted by atomic mass is 10.3. The Kier molecular flexibility index (Phi) is 3.57. The van der Waals surface area contributed by atoms with Crippen LogP contribution in [-0.2, 0) is 0 Å². The average Bonchev–Trinajstić information content (AvgIpc) is 2.70. The summed E-state index contributed by atoms with van der Waals surface area (Å²) in [7, 11) is 0. The van der Waals surface area contributed by atoms with E-state index in [1.807, 2.05) is 13.8 Å². The smallest absolute Gasteiger partial charge is 0.358 e. The molecule has 7 heteroatoms. The van der Waals surface area contributed by atoms with E-state index < -0.39 is 5.97 Å².